The van der Waals surface area contributed by atoms with Crippen LogP contribution in [-0.2, 0) is 11.2 Å². The molecule has 3 saturated heterocycles. The zero-order chi connectivity index (χ0) is 25.6. The number of carbonyl (C=O) groups excluding carboxylic acids is 1. The van der Waals surface area contributed by atoms with Gasteiger partial charge in [-0.05, 0) is 90.6 Å². The van der Waals surface area contributed by atoms with Crippen molar-refractivity contribution in [1.29, 1.82) is 0 Å². The predicted molar refractivity (Wildman–Crippen MR) is 135 cm³/mol. The fourth-order valence-corrected chi connectivity index (χ4v) is 5.96. The second-order valence-corrected chi connectivity index (χ2v) is 11.7. The molecule has 4 aliphatic rings. The van der Waals surface area contributed by atoms with E-state index >= 15 is 4.39 Å². The molecule has 194 valence electrons. The highest BCUT2D eigenvalue weighted by Crippen LogP contribution is 2.47. The van der Waals surface area contributed by atoms with Crippen molar-refractivity contribution in [1.82, 2.24) is 10.2 Å². The van der Waals surface area contributed by atoms with Crippen LogP contribution < -0.4 is 10.1 Å². The second kappa shape index (κ2) is 9.66. The Balaban J connectivity index is 1.36. The molecule has 2 aromatic rings. The van der Waals surface area contributed by atoms with Crippen LogP contribution in [0.2, 0.25) is 0 Å². The number of hydrogen-bond acceptors (Lipinski definition) is 4. The van der Waals surface area contributed by atoms with Gasteiger partial charge in [-0.3, -0.25) is 4.90 Å². The molecule has 5 nitrogen and oxygen atoms in total. The van der Waals surface area contributed by atoms with Gasteiger partial charge < -0.3 is 14.8 Å². The molecule has 3 heterocycles. The van der Waals surface area contributed by atoms with Gasteiger partial charge in [0.2, 0.25) is 0 Å². The fraction of sp³-hybridized carbons (Fsp3) is 0.552. The maximum atomic E-state index is 15.4. The number of nitrogens with zero attached hydrogens (tertiary/aromatic N) is 1. The Morgan fingerprint density at radius 2 is 1.89 bits per heavy atom. The van der Waals surface area contributed by atoms with Gasteiger partial charge in [-0.15, -0.1) is 0 Å². The summed E-state index contributed by atoms with van der Waals surface area (Å²) in [5, 5.41) is 3.04. The molecule has 2 aromatic carbocycles. The van der Waals surface area contributed by atoms with Gasteiger partial charge in [0, 0.05) is 18.2 Å². The Bertz CT molecular complexity index is 1140. The van der Waals surface area contributed by atoms with Crippen molar-refractivity contribution < 1.29 is 23.0 Å². The average Bonchev–Trinajstić information content (AvgIpc) is 3.06. The number of piperidine rings is 3. The third-order valence-corrected chi connectivity index (χ3v) is 7.85. The number of fused-ring (bicyclic) bond motifs is 4. The summed E-state index contributed by atoms with van der Waals surface area (Å²) >= 11 is 0. The zero-order valence-corrected chi connectivity index (χ0v) is 21.6. The SMILES string of the molecule is CC(C)COc1cc(F)cc(-c2cc3c(cc2F)[C@H](NC(=O)O[C@@H]2CN4CCC2CC4)C(C)(C)C3)c1. The number of benzene rings is 2. The Morgan fingerprint density at radius 3 is 2.56 bits per heavy atom. The van der Waals surface area contributed by atoms with Gasteiger partial charge in [0.05, 0.1) is 12.6 Å². The lowest BCUT2D eigenvalue weighted by molar-refractivity contribution is -0.0349. The third-order valence-electron chi connectivity index (χ3n) is 7.85. The lowest BCUT2D eigenvalue weighted by Gasteiger charge is -2.44. The van der Waals surface area contributed by atoms with E-state index in [1.54, 1.807) is 12.1 Å². The molecule has 0 spiro atoms. The number of ether oxygens (including phenoxy) is 2. The first-order valence-corrected chi connectivity index (χ1v) is 13.0. The first-order chi connectivity index (χ1) is 17.1. The van der Waals surface area contributed by atoms with E-state index in [1.165, 1.54) is 18.2 Å². The molecule has 6 rings (SSSR count). The van der Waals surface area contributed by atoms with E-state index in [0.717, 1.165) is 43.6 Å². The molecule has 2 atom stereocenters. The summed E-state index contributed by atoms with van der Waals surface area (Å²) in [6.07, 6.45) is 2.26. The Labute approximate surface area is 212 Å². The zero-order valence-electron chi connectivity index (χ0n) is 21.6. The second-order valence-electron chi connectivity index (χ2n) is 11.7. The van der Waals surface area contributed by atoms with Crippen molar-refractivity contribution in [3.05, 3.63) is 53.1 Å². The normalized spacial score (nSPS) is 26.1. The van der Waals surface area contributed by atoms with Gasteiger partial charge in [-0.2, -0.15) is 0 Å². The molecule has 0 radical (unpaired) electrons. The molecule has 0 unspecified atom stereocenters. The van der Waals surface area contributed by atoms with E-state index in [4.69, 9.17) is 9.47 Å². The topological polar surface area (TPSA) is 50.8 Å². The van der Waals surface area contributed by atoms with Crippen LogP contribution in [0.25, 0.3) is 11.1 Å². The van der Waals surface area contributed by atoms with Crippen LogP contribution in [-0.4, -0.2) is 43.3 Å². The van der Waals surface area contributed by atoms with Crippen molar-refractivity contribution in [3.8, 4) is 16.9 Å². The van der Waals surface area contributed by atoms with E-state index < -0.39 is 17.7 Å². The molecule has 0 saturated carbocycles. The standard InChI is InChI=1S/C29H36F2N2O3/c1-17(2)16-35-22-10-19(9-21(30)12-22)23-11-20-14-29(3,4)27(24(20)13-25(23)31)32-28(34)36-26-15-33-7-5-18(26)6-8-33/h9-13,17-18,26-27H,5-8,14-16H2,1-4H3,(H,32,34)/t26-,27+/m1/s1. The van der Waals surface area contributed by atoms with Gasteiger partial charge in [-0.1, -0.05) is 27.7 Å². The third kappa shape index (κ3) is 5.08. The molecule has 1 aliphatic carbocycles. The van der Waals surface area contributed by atoms with E-state index in [0.29, 0.717) is 35.8 Å². The Morgan fingerprint density at radius 1 is 1.14 bits per heavy atom. The molecular formula is C29H36F2N2O3. The fourth-order valence-electron chi connectivity index (χ4n) is 5.96. The Hall–Kier alpha value is -2.67. The van der Waals surface area contributed by atoms with Crippen LogP contribution in [0.4, 0.5) is 13.6 Å². The van der Waals surface area contributed by atoms with Gasteiger partial charge in [-0.25, -0.2) is 13.6 Å². The number of nitrogens with one attached hydrogen (secondary N) is 1. The van der Waals surface area contributed by atoms with E-state index in [2.05, 4.69) is 24.1 Å². The minimum Gasteiger partial charge on any atom is -0.493 e. The van der Waals surface area contributed by atoms with E-state index in [9.17, 15) is 9.18 Å². The number of halogens is 2. The monoisotopic (exact) mass is 498 g/mol. The first-order valence-electron chi connectivity index (χ1n) is 13.0. The highest BCUT2D eigenvalue weighted by Gasteiger charge is 2.42. The van der Waals surface area contributed by atoms with Crippen LogP contribution in [0.5, 0.6) is 5.75 Å². The summed E-state index contributed by atoms with van der Waals surface area (Å²) in [6, 6.07) is 7.22. The largest absolute Gasteiger partial charge is 0.493 e. The van der Waals surface area contributed by atoms with Crippen LogP contribution >= 0.6 is 0 Å². The Kier molecular flexibility index (Phi) is 6.70. The molecule has 3 aliphatic heterocycles. The van der Waals surface area contributed by atoms with Gasteiger partial charge in [0.1, 0.15) is 23.5 Å². The highest BCUT2D eigenvalue weighted by atomic mass is 19.1. The smallest absolute Gasteiger partial charge is 0.407 e. The van der Waals surface area contributed by atoms with Crippen molar-refractivity contribution in [2.45, 2.75) is 59.1 Å². The lowest BCUT2D eigenvalue weighted by Crippen LogP contribution is -2.53. The maximum absolute atomic E-state index is 15.4. The number of amides is 1. The first kappa shape index (κ1) is 25.0. The number of carbonyl (C=O) groups is 1. The maximum Gasteiger partial charge on any atom is 0.407 e. The minimum absolute atomic E-state index is 0.0873. The van der Waals surface area contributed by atoms with Gasteiger partial charge in [0.25, 0.3) is 0 Å². The van der Waals surface area contributed by atoms with E-state index in [-0.39, 0.29) is 23.5 Å². The quantitative estimate of drug-likeness (QED) is 0.522. The molecule has 1 amide bonds. The summed E-state index contributed by atoms with van der Waals surface area (Å²) in [7, 11) is 0. The molecular weight excluding hydrogens is 462 g/mol. The molecule has 3 fully saturated rings. The molecule has 2 bridgehead atoms. The van der Waals surface area contributed by atoms with Crippen LogP contribution in [0.1, 0.15) is 57.7 Å². The summed E-state index contributed by atoms with van der Waals surface area (Å²) in [5.74, 6) is 0.169. The van der Waals surface area contributed by atoms with E-state index in [1.807, 2.05) is 13.8 Å². The minimum atomic E-state index is -0.471. The van der Waals surface area contributed by atoms with Crippen molar-refractivity contribution in [3.63, 3.8) is 0 Å². The summed E-state index contributed by atoms with van der Waals surface area (Å²) in [4.78, 5) is 15.2. The molecule has 0 aromatic heterocycles. The van der Waals surface area contributed by atoms with Crippen LogP contribution in [0.3, 0.4) is 0 Å². The molecule has 7 heteroatoms. The highest BCUT2D eigenvalue weighted by molar-refractivity contribution is 5.71. The van der Waals surface area contributed by atoms with Crippen molar-refractivity contribution in [2.75, 3.05) is 26.2 Å². The van der Waals surface area contributed by atoms with Crippen molar-refractivity contribution >= 4 is 6.09 Å². The predicted octanol–water partition coefficient (Wildman–Crippen LogP) is 6.11. The molecule has 36 heavy (non-hydrogen) atoms. The summed E-state index contributed by atoms with van der Waals surface area (Å²) in [6.45, 7) is 11.5. The molecule has 1 N–H and O–H groups in total. The summed E-state index contributed by atoms with van der Waals surface area (Å²) in [5.41, 5.74) is 2.13. The number of hydrogen-bond donors (Lipinski definition) is 1. The van der Waals surface area contributed by atoms with Crippen molar-refractivity contribution in [2.24, 2.45) is 17.3 Å². The van der Waals surface area contributed by atoms with Crippen LogP contribution in [0.15, 0.2) is 30.3 Å². The van der Waals surface area contributed by atoms with Gasteiger partial charge >= 0.3 is 6.09 Å². The van der Waals surface area contributed by atoms with Gasteiger partial charge in [0.15, 0.2) is 0 Å². The number of rotatable bonds is 6. The number of alkyl carbamates (subject to hydrolysis) is 1. The average molecular weight is 499 g/mol. The van der Waals surface area contributed by atoms with Crippen LogP contribution in [0, 0.1) is 28.9 Å². The summed E-state index contributed by atoms with van der Waals surface area (Å²) < 4.78 is 41.3. The lowest BCUT2D eigenvalue weighted by atomic mass is 9.85.